The average molecular weight is 593 g/mol. The van der Waals surface area contributed by atoms with E-state index in [0.29, 0.717) is 0 Å². The van der Waals surface area contributed by atoms with E-state index in [1.54, 1.807) is 0 Å². The monoisotopic (exact) mass is 592 g/mol. The van der Waals surface area contributed by atoms with Crippen molar-refractivity contribution in [3.05, 3.63) is 186 Å². The number of aromatic nitrogens is 1. The number of nitrogens with zero attached hydrogens (tertiary/aromatic N) is 2. The van der Waals surface area contributed by atoms with Crippen molar-refractivity contribution in [2.75, 3.05) is 11.9 Å². The molecule has 0 fully saturated rings. The average Bonchev–Trinajstić information content (AvgIpc) is 3.15. The number of hydrogen-bond donors (Lipinski definition) is 2. The molecule has 46 heavy (non-hydrogen) atoms. The Bertz CT molecular complexity index is 2110. The molecular weight excluding hydrogens is 560 g/mol. The summed E-state index contributed by atoms with van der Waals surface area (Å²) >= 11 is 0. The Morgan fingerprint density at radius 1 is 0.565 bits per heavy atom. The molecular formula is C42H32N4. The van der Waals surface area contributed by atoms with Crippen LogP contribution in [0.25, 0.3) is 39.0 Å². The Labute approximate surface area is 269 Å². The summed E-state index contributed by atoms with van der Waals surface area (Å²) in [6.45, 7) is 0.834. The van der Waals surface area contributed by atoms with E-state index >= 15 is 0 Å². The molecule has 0 saturated carbocycles. The third-order valence-electron chi connectivity index (χ3n) is 8.57. The van der Waals surface area contributed by atoms with Gasteiger partial charge in [-0.15, -0.1) is 0 Å². The zero-order chi connectivity index (χ0) is 30.7. The van der Waals surface area contributed by atoms with Gasteiger partial charge in [0.15, 0.2) is 0 Å². The van der Waals surface area contributed by atoms with Gasteiger partial charge in [-0.1, -0.05) is 109 Å². The lowest BCUT2D eigenvalue weighted by atomic mass is 9.92. The van der Waals surface area contributed by atoms with Gasteiger partial charge < -0.3 is 10.6 Å². The molecule has 3 heterocycles. The molecule has 220 valence electrons. The Morgan fingerprint density at radius 3 is 2.02 bits per heavy atom. The first-order chi connectivity index (χ1) is 22.8. The van der Waals surface area contributed by atoms with Gasteiger partial charge in [0.1, 0.15) is 6.17 Å². The number of nitrogens with one attached hydrogen (secondary N) is 2. The summed E-state index contributed by atoms with van der Waals surface area (Å²) in [6.07, 6.45) is 9.87. The lowest BCUT2D eigenvalue weighted by Crippen LogP contribution is -2.21. The van der Waals surface area contributed by atoms with E-state index in [-0.39, 0.29) is 6.17 Å². The molecule has 1 unspecified atom stereocenters. The van der Waals surface area contributed by atoms with Crippen molar-refractivity contribution in [2.45, 2.75) is 6.17 Å². The van der Waals surface area contributed by atoms with Crippen molar-refractivity contribution < 1.29 is 0 Å². The first kappa shape index (κ1) is 27.5. The van der Waals surface area contributed by atoms with Crippen molar-refractivity contribution in [1.82, 2.24) is 10.3 Å². The molecule has 8 rings (SSSR count). The van der Waals surface area contributed by atoms with Gasteiger partial charge in [0.2, 0.25) is 0 Å². The summed E-state index contributed by atoms with van der Waals surface area (Å²) < 4.78 is 0. The number of fused-ring (bicyclic) bond motifs is 1. The molecule has 0 aliphatic carbocycles. The lowest BCUT2D eigenvalue weighted by Gasteiger charge is -2.28. The summed E-state index contributed by atoms with van der Waals surface area (Å²) in [7, 11) is 0. The highest BCUT2D eigenvalue weighted by Crippen LogP contribution is 2.38. The fourth-order valence-electron chi connectivity index (χ4n) is 6.25. The SMILES string of the molecule is C1=CC(c2cc(-c3cccnc3)cc(C3N=C(c4ccccc4)c4ccc(-c5cccc(-c6ccccc6)c5)cc4N3)c2)=CNC1. The van der Waals surface area contributed by atoms with E-state index in [4.69, 9.17) is 4.99 Å². The standard InChI is InChI=1S/C42H32N4/c1-3-10-29(11-4-1)31-14-7-15-32(22-31)33-18-19-39-40(26-33)45-42(46-41(39)30-12-5-2-6-13-30)38-24-36(34-16-8-20-43-27-34)23-37(25-38)35-17-9-21-44-28-35/h1-20,22-28,42,44-45H,21H2. The van der Waals surface area contributed by atoms with Crippen LogP contribution < -0.4 is 10.6 Å². The summed E-state index contributed by atoms with van der Waals surface area (Å²) in [5, 5.41) is 7.19. The number of hydrogen-bond acceptors (Lipinski definition) is 4. The van der Waals surface area contributed by atoms with Crippen LogP contribution in [0.2, 0.25) is 0 Å². The Kier molecular flexibility index (Phi) is 7.29. The second-order valence-electron chi connectivity index (χ2n) is 11.6. The molecule has 0 spiro atoms. The van der Waals surface area contributed by atoms with Gasteiger partial charge in [0.05, 0.1) is 5.71 Å². The van der Waals surface area contributed by atoms with Gasteiger partial charge in [-0.3, -0.25) is 9.98 Å². The second kappa shape index (κ2) is 12.2. The van der Waals surface area contributed by atoms with Crippen molar-refractivity contribution >= 4 is 17.0 Å². The van der Waals surface area contributed by atoms with Gasteiger partial charge in [-0.05, 0) is 80.9 Å². The van der Waals surface area contributed by atoms with E-state index in [0.717, 1.165) is 62.5 Å². The van der Waals surface area contributed by atoms with Gasteiger partial charge in [0.25, 0.3) is 0 Å². The van der Waals surface area contributed by atoms with E-state index in [1.165, 1.54) is 16.7 Å². The molecule has 1 aromatic heterocycles. The summed E-state index contributed by atoms with van der Waals surface area (Å²) in [4.78, 5) is 9.78. The number of pyridine rings is 1. The van der Waals surface area contributed by atoms with Crippen molar-refractivity contribution in [1.29, 1.82) is 0 Å². The van der Waals surface area contributed by atoms with Crippen LogP contribution in [0.15, 0.2) is 169 Å². The molecule has 4 nitrogen and oxygen atoms in total. The van der Waals surface area contributed by atoms with Gasteiger partial charge in [0, 0.05) is 47.5 Å². The number of rotatable bonds is 6. The predicted octanol–water partition coefficient (Wildman–Crippen LogP) is 9.54. The first-order valence-corrected chi connectivity index (χ1v) is 15.6. The van der Waals surface area contributed by atoms with Crippen LogP contribution in [-0.4, -0.2) is 17.2 Å². The molecule has 6 aromatic rings. The summed E-state index contributed by atoms with van der Waals surface area (Å²) in [6, 6.07) is 47.3. The molecule has 5 aromatic carbocycles. The van der Waals surface area contributed by atoms with Crippen molar-refractivity contribution in [2.24, 2.45) is 4.99 Å². The van der Waals surface area contributed by atoms with Crippen LogP contribution in [0.5, 0.6) is 0 Å². The highest BCUT2D eigenvalue weighted by Gasteiger charge is 2.24. The molecule has 0 bridgehead atoms. The second-order valence-corrected chi connectivity index (χ2v) is 11.6. The van der Waals surface area contributed by atoms with Crippen LogP contribution in [0, 0.1) is 0 Å². The van der Waals surface area contributed by atoms with Crippen LogP contribution in [0.4, 0.5) is 5.69 Å². The van der Waals surface area contributed by atoms with Gasteiger partial charge in [-0.2, -0.15) is 0 Å². The third kappa shape index (κ3) is 5.53. The van der Waals surface area contributed by atoms with E-state index in [2.05, 4.69) is 161 Å². The van der Waals surface area contributed by atoms with Gasteiger partial charge in [-0.25, -0.2) is 0 Å². The van der Waals surface area contributed by atoms with E-state index in [9.17, 15) is 0 Å². The minimum absolute atomic E-state index is 0.287. The zero-order valence-electron chi connectivity index (χ0n) is 25.3. The molecule has 4 heteroatoms. The Balaban J connectivity index is 1.25. The molecule has 2 aliphatic heterocycles. The highest BCUT2D eigenvalue weighted by molar-refractivity contribution is 6.17. The molecule has 2 N–H and O–H groups in total. The Hall–Kier alpha value is -6.00. The van der Waals surface area contributed by atoms with E-state index in [1.807, 2.05) is 18.5 Å². The zero-order valence-corrected chi connectivity index (χ0v) is 25.3. The number of anilines is 1. The number of allylic oxidation sites excluding steroid dienone is 2. The number of benzene rings is 5. The molecule has 2 aliphatic rings. The van der Waals surface area contributed by atoms with Crippen LogP contribution >= 0.6 is 0 Å². The predicted molar refractivity (Wildman–Crippen MR) is 191 cm³/mol. The van der Waals surface area contributed by atoms with Crippen LogP contribution in [-0.2, 0) is 0 Å². The fraction of sp³-hybridized carbons (Fsp3) is 0.0476. The maximum Gasteiger partial charge on any atom is 0.145 e. The largest absolute Gasteiger partial charge is 0.387 e. The van der Waals surface area contributed by atoms with Crippen molar-refractivity contribution in [3.8, 4) is 33.4 Å². The van der Waals surface area contributed by atoms with Gasteiger partial charge >= 0.3 is 0 Å². The highest BCUT2D eigenvalue weighted by atomic mass is 15.1. The van der Waals surface area contributed by atoms with Crippen LogP contribution in [0.1, 0.15) is 28.4 Å². The summed E-state index contributed by atoms with van der Waals surface area (Å²) in [5.74, 6) is 0. The molecule has 0 amide bonds. The number of aliphatic imine (C=N–C) groups is 1. The van der Waals surface area contributed by atoms with Crippen molar-refractivity contribution in [3.63, 3.8) is 0 Å². The third-order valence-corrected chi connectivity index (χ3v) is 8.57. The normalized spacial score (nSPS) is 15.2. The fourth-order valence-corrected chi connectivity index (χ4v) is 6.25. The molecule has 0 saturated heterocycles. The quantitative estimate of drug-likeness (QED) is 0.203. The lowest BCUT2D eigenvalue weighted by molar-refractivity contribution is 0.828. The minimum Gasteiger partial charge on any atom is -0.387 e. The molecule has 1 atom stereocenters. The first-order valence-electron chi connectivity index (χ1n) is 15.6. The maximum atomic E-state index is 5.38. The Morgan fingerprint density at radius 2 is 1.26 bits per heavy atom. The van der Waals surface area contributed by atoms with E-state index < -0.39 is 0 Å². The molecule has 0 radical (unpaired) electrons. The minimum atomic E-state index is -0.287. The van der Waals surface area contributed by atoms with Crippen LogP contribution in [0.3, 0.4) is 0 Å². The topological polar surface area (TPSA) is 49.3 Å². The maximum absolute atomic E-state index is 5.38. The number of dihydropyridines is 1. The summed E-state index contributed by atoms with van der Waals surface area (Å²) in [5.41, 5.74) is 14.5. The smallest absolute Gasteiger partial charge is 0.145 e.